The second-order valence-corrected chi connectivity index (χ2v) is 3.36. The van der Waals surface area contributed by atoms with Crippen LogP contribution in [0.1, 0.15) is 32.6 Å². The highest BCUT2D eigenvalue weighted by atomic mass is 16.2. The highest BCUT2D eigenvalue weighted by Gasteiger charge is 2.14. The summed E-state index contributed by atoms with van der Waals surface area (Å²) in [5.41, 5.74) is 8.34. The zero-order chi connectivity index (χ0) is 10.8. The third-order valence-electron chi connectivity index (χ3n) is 2.25. The first kappa shape index (κ1) is 12.9. The highest BCUT2D eigenvalue weighted by Crippen LogP contribution is 2.18. The molecular weight excluding hydrogens is 182 g/mol. The van der Waals surface area contributed by atoms with E-state index in [0.29, 0.717) is 19.3 Å². The van der Waals surface area contributed by atoms with E-state index in [1.807, 2.05) is 6.92 Å². The van der Waals surface area contributed by atoms with Crippen molar-refractivity contribution in [2.45, 2.75) is 38.6 Å². The minimum atomic E-state index is -0.105. The maximum atomic E-state index is 10.2. The molecule has 0 radical (unpaired) electrons. The van der Waals surface area contributed by atoms with E-state index in [0.717, 1.165) is 12.7 Å². The molecule has 1 N–H and O–H groups in total. The minimum Gasteiger partial charge on any atom is -0.396 e. The van der Waals surface area contributed by atoms with E-state index in [4.69, 9.17) is 10.6 Å². The number of nitrogens with zero attached hydrogens (tertiary/aromatic N) is 3. The molecule has 14 heavy (non-hydrogen) atoms. The zero-order valence-electron chi connectivity index (χ0n) is 8.46. The average molecular weight is 199 g/mol. The maximum Gasteiger partial charge on any atom is 0.120 e. The van der Waals surface area contributed by atoms with Gasteiger partial charge >= 0.3 is 0 Å². The van der Waals surface area contributed by atoms with Crippen molar-refractivity contribution >= 4 is 6.29 Å². The number of azide groups is 1. The number of aliphatic hydroxyl groups excluding tert-OH is 1. The van der Waals surface area contributed by atoms with Crippen molar-refractivity contribution in [2.75, 3.05) is 6.61 Å². The van der Waals surface area contributed by atoms with Crippen LogP contribution in [0, 0.1) is 5.92 Å². The SMILES string of the molecule is C[C@H](CCC=O)[C@H](CCCO)N=[N+]=[N-]. The van der Waals surface area contributed by atoms with Gasteiger partial charge in [-0.2, -0.15) is 0 Å². The smallest absolute Gasteiger partial charge is 0.120 e. The van der Waals surface area contributed by atoms with Gasteiger partial charge in [0.25, 0.3) is 0 Å². The minimum absolute atomic E-state index is 0.105. The molecule has 0 rings (SSSR count). The molecule has 0 fully saturated rings. The molecule has 0 saturated carbocycles. The van der Waals surface area contributed by atoms with Crippen LogP contribution < -0.4 is 0 Å². The molecular formula is C9H17N3O2. The van der Waals surface area contributed by atoms with E-state index in [2.05, 4.69) is 10.0 Å². The largest absolute Gasteiger partial charge is 0.396 e. The lowest BCUT2D eigenvalue weighted by atomic mass is 9.94. The Morgan fingerprint density at radius 1 is 1.57 bits per heavy atom. The summed E-state index contributed by atoms with van der Waals surface area (Å²) in [4.78, 5) is 12.9. The number of hydrogen-bond acceptors (Lipinski definition) is 3. The molecule has 0 aliphatic carbocycles. The summed E-state index contributed by atoms with van der Waals surface area (Å²) in [5.74, 6) is 0.197. The van der Waals surface area contributed by atoms with Crippen molar-refractivity contribution in [1.29, 1.82) is 0 Å². The predicted octanol–water partition coefficient (Wildman–Crippen LogP) is 2.05. The van der Waals surface area contributed by atoms with Crippen LogP contribution in [0.5, 0.6) is 0 Å². The molecule has 0 aliphatic rings. The molecule has 80 valence electrons. The standard InChI is InChI=1S/C9H17N3O2/c1-8(4-2-6-13)9(11-12-10)5-3-7-14/h6,8-9,14H,2-5,7H2,1H3/t8-,9+/m1/s1. The van der Waals surface area contributed by atoms with Crippen LogP contribution in [0.15, 0.2) is 5.11 Å². The first-order chi connectivity index (χ1) is 6.76. The second-order valence-electron chi connectivity index (χ2n) is 3.36. The quantitative estimate of drug-likeness (QED) is 0.281. The highest BCUT2D eigenvalue weighted by molar-refractivity contribution is 5.49. The van der Waals surface area contributed by atoms with E-state index in [1.54, 1.807) is 0 Å². The Kier molecular flexibility index (Phi) is 7.89. The van der Waals surface area contributed by atoms with Crippen LogP contribution in [0.2, 0.25) is 0 Å². The van der Waals surface area contributed by atoms with Gasteiger partial charge in [0.15, 0.2) is 0 Å². The predicted molar refractivity (Wildman–Crippen MR) is 53.7 cm³/mol. The van der Waals surface area contributed by atoms with E-state index in [9.17, 15) is 4.79 Å². The van der Waals surface area contributed by atoms with Crippen LogP contribution in [0.4, 0.5) is 0 Å². The van der Waals surface area contributed by atoms with Gasteiger partial charge in [0.05, 0.1) is 0 Å². The molecule has 0 heterocycles. The number of carbonyl (C=O) groups excluding carboxylic acids is 1. The third-order valence-corrected chi connectivity index (χ3v) is 2.25. The summed E-state index contributed by atoms with van der Waals surface area (Å²) in [7, 11) is 0. The molecule has 0 unspecified atom stereocenters. The summed E-state index contributed by atoms with van der Waals surface area (Å²) in [5, 5.41) is 12.3. The van der Waals surface area contributed by atoms with Crippen LogP contribution in [-0.2, 0) is 4.79 Å². The van der Waals surface area contributed by atoms with Gasteiger partial charge in [-0.15, -0.1) is 0 Å². The lowest BCUT2D eigenvalue weighted by molar-refractivity contribution is -0.108. The number of carbonyl (C=O) groups is 1. The summed E-state index contributed by atoms with van der Waals surface area (Å²) >= 11 is 0. The van der Waals surface area contributed by atoms with E-state index in [-0.39, 0.29) is 18.6 Å². The first-order valence-electron chi connectivity index (χ1n) is 4.85. The molecule has 0 aromatic carbocycles. The monoisotopic (exact) mass is 199 g/mol. The van der Waals surface area contributed by atoms with E-state index < -0.39 is 0 Å². The summed E-state index contributed by atoms with van der Waals surface area (Å²) in [6.07, 6.45) is 3.42. The molecule has 0 bridgehead atoms. The number of aldehydes is 1. The Bertz CT molecular complexity index is 202. The van der Waals surface area contributed by atoms with E-state index in [1.165, 1.54) is 0 Å². The first-order valence-corrected chi connectivity index (χ1v) is 4.85. The molecule has 0 aliphatic heterocycles. The van der Waals surface area contributed by atoms with Gasteiger partial charge in [0, 0.05) is 24.0 Å². The van der Waals surface area contributed by atoms with Gasteiger partial charge in [0.1, 0.15) is 6.29 Å². The van der Waals surface area contributed by atoms with Gasteiger partial charge in [-0.3, -0.25) is 0 Å². The van der Waals surface area contributed by atoms with Gasteiger partial charge in [-0.25, -0.2) is 0 Å². The lowest BCUT2D eigenvalue weighted by Crippen LogP contribution is -2.15. The Balaban J connectivity index is 4.02. The lowest BCUT2D eigenvalue weighted by Gasteiger charge is -2.17. The zero-order valence-corrected chi connectivity index (χ0v) is 8.46. The second kappa shape index (κ2) is 8.53. The van der Waals surface area contributed by atoms with Crippen molar-refractivity contribution in [3.8, 4) is 0 Å². The van der Waals surface area contributed by atoms with Crippen LogP contribution in [-0.4, -0.2) is 24.0 Å². The molecule has 0 amide bonds. The Labute approximate surface area is 83.7 Å². The van der Waals surface area contributed by atoms with Gasteiger partial charge < -0.3 is 9.90 Å². The van der Waals surface area contributed by atoms with Crippen molar-refractivity contribution in [3.63, 3.8) is 0 Å². The Hall–Kier alpha value is -1.06. The maximum absolute atomic E-state index is 10.2. The van der Waals surface area contributed by atoms with Gasteiger partial charge in [-0.05, 0) is 30.7 Å². The number of hydrogen-bond donors (Lipinski definition) is 1. The van der Waals surface area contributed by atoms with E-state index >= 15 is 0 Å². The molecule has 2 atom stereocenters. The number of rotatable bonds is 8. The summed E-state index contributed by atoms with van der Waals surface area (Å²) in [6, 6.07) is -0.105. The summed E-state index contributed by atoms with van der Waals surface area (Å²) < 4.78 is 0. The summed E-state index contributed by atoms with van der Waals surface area (Å²) in [6.45, 7) is 2.07. The third kappa shape index (κ3) is 5.56. The fraction of sp³-hybridized carbons (Fsp3) is 0.889. The Morgan fingerprint density at radius 3 is 2.79 bits per heavy atom. The molecule has 0 aromatic rings. The molecule has 0 spiro atoms. The van der Waals surface area contributed by atoms with Gasteiger partial charge in [-0.1, -0.05) is 12.0 Å². The van der Waals surface area contributed by atoms with Crippen molar-refractivity contribution < 1.29 is 9.90 Å². The average Bonchev–Trinajstić information content (AvgIpc) is 2.20. The molecule has 5 heteroatoms. The van der Waals surface area contributed by atoms with Crippen LogP contribution in [0.25, 0.3) is 10.4 Å². The fourth-order valence-electron chi connectivity index (χ4n) is 1.35. The fourth-order valence-corrected chi connectivity index (χ4v) is 1.35. The van der Waals surface area contributed by atoms with Crippen LogP contribution >= 0.6 is 0 Å². The Morgan fingerprint density at radius 2 is 2.29 bits per heavy atom. The molecule has 0 aromatic heterocycles. The van der Waals surface area contributed by atoms with Crippen LogP contribution in [0.3, 0.4) is 0 Å². The molecule has 5 nitrogen and oxygen atoms in total. The topological polar surface area (TPSA) is 86.1 Å². The molecule has 0 saturated heterocycles. The van der Waals surface area contributed by atoms with Crippen molar-refractivity contribution in [1.82, 2.24) is 0 Å². The normalized spacial score (nSPS) is 14.1. The van der Waals surface area contributed by atoms with Gasteiger partial charge in [0.2, 0.25) is 0 Å². The van der Waals surface area contributed by atoms with Crippen molar-refractivity contribution in [3.05, 3.63) is 10.4 Å². The number of aliphatic hydroxyl groups is 1. The van der Waals surface area contributed by atoms with Crippen molar-refractivity contribution in [2.24, 2.45) is 11.0 Å².